The first-order valence-electron chi connectivity index (χ1n) is 5.56. The minimum absolute atomic E-state index is 0.461. The van der Waals surface area contributed by atoms with Gasteiger partial charge in [-0.25, -0.2) is 4.98 Å². The molecule has 0 unspecified atom stereocenters. The summed E-state index contributed by atoms with van der Waals surface area (Å²) in [5, 5.41) is 2.06. The number of nitrogen functional groups attached to an aromatic ring is 1. The summed E-state index contributed by atoms with van der Waals surface area (Å²) in [6.45, 7) is 2.60. The number of hydrogen-bond donors (Lipinski definition) is 1. The van der Waals surface area contributed by atoms with Gasteiger partial charge in [-0.05, 0) is 11.4 Å². The van der Waals surface area contributed by atoms with Crippen LogP contribution in [-0.4, -0.2) is 16.6 Å². The van der Waals surface area contributed by atoms with Crippen molar-refractivity contribution in [3.05, 3.63) is 34.3 Å². The first-order valence-corrected chi connectivity index (χ1v) is 6.44. The van der Waals surface area contributed by atoms with E-state index in [-0.39, 0.29) is 0 Å². The van der Waals surface area contributed by atoms with E-state index in [1.54, 1.807) is 17.4 Å². The molecule has 0 aliphatic carbocycles. The lowest BCUT2D eigenvalue weighted by Gasteiger charge is -2.06. The molecule has 4 nitrogen and oxygen atoms in total. The minimum atomic E-state index is 0.461. The third-order valence-corrected chi connectivity index (χ3v) is 3.20. The Bertz CT molecular complexity index is 471. The third kappa shape index (κ3) is 3.42. The standard InChI is InChI=1S/C12H15N3OS/c1-2-11-14-10(13)8-12(15-11)16-6-5-9-4-3-7-17-9/h3-4,7-8H,2,5-6H2,1H3,(H2,13,14,15). The van der Waals surface area contributed by atoms with Gasteiger partial charge in [0, 0.05) is 23.8 Å². The second-order valence-corrected chi connectivity index (χ2v) is 4.61. The molecule has 0 saturated heterocycles. The number of nitrogens with two attached hydrogens (primary N) is 1. The fraction of sp³-hybridized carbons (Fsp3) is 0.333. The molecule has 2 aromatic heterocycles. The number of ether oxygens (including phenoxy) is 1. The molecule has 2 rings (SSSR count). The number of nitrogens with zero attached hydrogens (tertiary/aromatic N) is 2. The lowest BCUT2D eigenvalue weighted by Crippen LogP contribution is -2.05. The largest absolute Gasteiger partial charge is 0.477 e. The summed E-state index contributed by atoms with van der Waals surface area (Å²) in [6, 6.07) is 5.80. The monoisotopic (exact) mass is 249 g/mol. The Balaban J connectivity index is 1.92. The maximum atomic E-state index is 5.67. The summed E-state index contributed by atoms with van der Waals surface area (Å²) in [4.78, 5) is 9.67. The Kier molecular flexibility index (Phi) is 3.93. The second kappa shape index (κ2) is 5.63. The highest BCUT2D eigenvalue weighted by molar-refractivity contribution is 7.09. The molecule has 90 valence electrons. The highest BCUT2D eigenvalue weighted by Gasteiger charge is 2.02. The van der Waals surface area contributed by atoms with Gasteiger partial charge in [-0.1, -0.05) is 13.0 Å². The van der Waals surface area contributed by atoms with Gasteiger partial charge >= 0.3 is 0 Å². The molecular weight excluding hydrogens is 234 g/mol. The number of hydrogen-bond acceptors (Lipinski definition) is 5. The van der Waals surface area contributed by atoms with E-state index in [1.807, 2.05) is 13.0 Å². The van der Waals surface area contributed by atoms with Crippen molar-refractivity contribution in [1.82, 2.24) is 9.97 Å². The second-order valence-electron chi connectivity index (χ2n) is 3.58. The van der Waals surface area contributed by atoms with Crippen molar-refractivity contribution in [1.29, 1.82) is 0 Å². The summed E-state index contributed by atoms with van der Waals surface area (Å²) < 4.78 is 5.58. The van der Waals surface area contributed by atoms with E-state index in [0.29, 0.717) is 18.3 Å². The van der Waals surface area contributed by atoms with Crippen molar-refractivity contribution in [2.24, 2.45) is 0 Å². The van der Waals surface area contributed by atoms with Crippen LogP contribution in [0.15, 0.2) is 23.6 Å². The van der Waals surface area contributed by atoms with E-state index < -0.39 is 0 Å². The molecule has 2 heterocycles. The molecule has 0 aliphatic heterocycles. The molecule has 0 amide bonds. The Labute approximate surface area is 104 Å². The normalized spacial score (nSPS) is 10.4. The van der Waals surface area contributed by atoms with Crippen molar-refractivity contribution >= 4 is 17.2 Å². The van der Waals surface area contributed by atoms with E-state index in [4.69, 9.17) is 10.5 Å². The van der Waals surface area contributed by atoms with Crippen LogP contribution in [0.1, 0.15) is 17.6 Å². The van der Waals surface area contributed by atoms with Gasteiger partial charge < -0.3 is 10.5 Å². The zero-order valence-corrected chi connectivity index (χ0v) is 10.5. The van der Waals surface area contributed by atoms with Crippen molar-refractivity contribution < 1.29 is 4.74 Å². The predicted molar refractivity (Wildman–Crippen MR) is 69.3 cm³/mol. The molecule has 0 spiro atoms. The van der Waals surface area contributed by atoms with Crippen LogP contribution in [-0.2, 0) is 12.8 Å². The topological polar surface area (TPSA) is 61.0 Å². The van der Waals surface area contributed by atoms with E-state index in [0.717, 1.165) is 18.7 Å². The first-order chi connectivity index (χ1) is 8.28. The molecule has 0 bridgehead atoms. The van der Waals surface area contributed by atoms with Gasteiger partial charge in [0.1, 0.15) is 11.6 Å². The molecule has 0 fully saturated rings. The van der Waals surface area contributed by atoms with E-state index in [2.05, 4.69) is 21.4 Å². The lowest BCUT2D eigenvalue weighted by atomic mass is 10.4. The average molecular weight is 249 g/mol. The number of anilines is 1. The molecule has 0 aliphatic rings. The summed E-state index contributed by atoms with van der Waals surface area (Å²) in [5.41, 5.74) is 5.67. The minimum Gasteiger partial charge on any atom is -0.477 e. The van der Waals surface area contributed by atoms with E-state index >= 15 is 0 Å². The van der Waals surface area contributed by atoms with Crippen LogP contribution in [0, 0.1) is 0 Å². The summed E-state index contributed by atoms with van der Waals surface area (Å²) in [5.74, 6) is 1.74. The van der Waals surface area contributed by atoms with E-state index in [9.17, 15) is 0 Å². The van der Waals surface area contributed by atoms with Crippen LogP contribution < -0.4 is 10.5 Å². The highest BCUT2D eigenvalue weighted by Crippen LogP contribution is 2.13. The predicted octanol–water partition coefficient (Wildman–Crippen LogP) is 2.30. The van der Waals surface area contributed by atoms with Crippen molar-refractivity contribution in [2.75, 3.05) is 12.3 Å². The smallest absolute Gasteiger partial charge is 0.218 e. The number of thiophene rings is 1. The van der Waals surface area contributed by atoms with E-state index in [1.165, 1.54) is 4.88 Å². The molecule has 17 heavy (non-hydrogen) atoms. The fourth-order valence-electron chi connectivity index (χ4n) is 1.44. The third-order valence-electron chi connectivity index (χ3n) is 2.26. The first kappa shape index (κ1) is 11.9. The molecule has 5 heteroatoms. The van der Waals surface area contributed by atoms with Gasteiger partial charge in [-0.2, -0.15) is 4.98 Å². The Morgan fingerprint density at radius 1 is 1.41 bits per heavy atom. The van der Waals surface area contributed by atoms with Crippen LogP contribution in [0.3, 0.4) is 0 Å². The van der Waals surface area contributed by atoms with Crippen LogP contribution in [0.4, 0.5) is 5.82 Å². The van der Waals surface area contributed by atoms with Crippen molar-refractivity contribution in [2.45, 2.75) is 19.8 Å². The van der Waals surface area contributed by atoms with Crippen LogP contribution in [0.2, 0.25) is 0 Å². The molecule has 0 saturated carbocycles. The maximum Gasteiger partial charge on any atom is 0.218 e. The zero-order valence-electron chi connectivity index (χ0n) is 9.72. The van der Waals surface area contributed by atoms with Gasteiger partial charge in [0.25, 0.3) is 0 Å². The number of aromatic nitrogens is 2. The molecule has 0 aromatic carbocycles. The van der Waals surface area contributed by atoms with Gasteiger partial charge in [-0.3, -0.25) is 0 Å². The lowest BCUT2D eigenvalue weighted by molar-refractivity contribution is 0.309. The Morgan fingerprint density at radius 3 is 3.00 bits per heavy atom. The van der Waals surface area contributed by atoms with Crippen LogP contribution in [0.5, 0.6) is 5.88 Å². The Hall–Kier alpha value is -1.62. The Morgan fingerprint density at radius 2 is 2.29 bits per heavy atom. The molecule has 2 aromatic rings. The summed E-state index contributed by atoms with van der Waals surface area (Å²) >= 11 is 1.73. The van der Waals surface area contributed by atoms with Gasteiger partial charge in [0.05, 0.1) is 6.61 Å². The molecule has 0 radical (unpaired) electrons. The summed E-state index contributed by atoms with van der Waals surface area (Å²) in [6.07, 6.45) is 1.65. The van der Waals surface area contributed by atoms with Gasteiger partial charge in [-0.15, -0.1) is 11.3 Å². The number of rotatable bonds is 5. The zero-order chi connectivity index (χ0) is 12.1. The molecule has 2 N–H and O–H groups in total. The molecular formula is C12H15N3OS. The molecule has 0 atom stereocenters. The van der Waals surface area contributed by atoms with Crippen LogP contribution >= 0.6 is 11.3 Å². The highest BCUT2D eigenvalue weighted by atomic mass is 32.1. The maximum absolute atomic E-state index is 5.67. The number of aryl methyl sites for hydroxylation is 1. The van der Waals surface area contributed by atoms with Gasteiger partial charge in [0.15, 0.2) is 0 Å². The quantitative estimate of drug-likeness (QED) is 0.883. The SMILES string of the molecule is CCc1nc(N)cc(OCCc2cccs2)n1. The van der Waals surface area contributed by atoms with Crippen LogP contribution in [0.25, 0.3) is 0 Å². The van der Waals surface area contributed by atoms with Crippen molar-refractivity contribution in [3.8, 4) is 5.88 Å². The summed E-state index contributed by atoms with van der Waals surface area (Å²) in [7, 11) is 0. The van der Waals surface area contributed by atoms with Crippen molar-refractivity contribution in [3.63, 3.8) is 0 Å². The average Bonchev–Trinajstić information content (AvgIpc) is 2.81. The fourth-order valence-corrected chi connectivity index (χ4v) is 2.13. The van der Waals surface area contributed by atoms with Gasteiger partial charge in [0.2, 0.25) is 5.88 Å².